The van der Waals surface area contributed by atoms with Crippen LogP contribution in [0.3, 0.4) is 0 Å². The first kappa shape index (κ1) is 23.7. The van der Waals surface area contributed by atoms with Crippen LogP contribution in [0.5, 0.6) is 11.6 Å². The summed E-state index contributed by atoms with van der Waals surface area (Å²) in [6, 6.07) is 9.29. The van der Waals surface area contributed by atoms with Crippen molar-refractivity contribution >= 4 is 37.7 Å². The first-order valence-corrected chi connectivity index (χ1v) is 13.2. The second-order valence-electron chi connectivity index (χ2n) is 7.81. The number of rotatable bonds is 9. The van der Waals surface area contributed by atoms with Crippen molar-refractivity contribution in [2.45, 2.75) is 44.9 Å². The van der Waals surface area contributed by atoms with E-state index in [1.807, 2.05) is 56.1 Å². The zero-order valence-electron chi connectivity index (χ0n) is 18.7. The lowest BCUT2D eigenvalue weighted by atomic mass is 9.86. The Labute approximate surface area is 194 Å². The highest BCUT2D eigenvalue weighted by Crippen LogP contribution is 2.34. The molecule has 8 heteroatoms. The summed E-state index contributed by atoms with van der Waals surface area (Å²) in [5.41, 5.74) is 1.54. The van der Waals surface area contributed by atoms with Crippen LogP contribution in [0.25, 0.3) is 0 Å². The number of halogens is 1. The number of aliphatic imine (C=N–C) groups is 1. The number of nitrogens with zero attached hydrogens (tertiary/aromatic N) is 4. The summed E-state index contributed by atoms with van der Waals surface area (Å²) in [7, 11) is -0.475. The van der Waals surface area contributed by atoms with Gasteiger partial charge in [0.25, 0.3) is 0 Å². The summed E-state index contributed by atoms with van der Waals surface area (Å²) in [4.78, 5) is 11.8. The molecule has 168 valence electrons. The Hall–Kier alpha value is -1.93. The first-order chi connectivity index (χ1) is 14.8. The molecular formula is C23H31BrN4O2S. The zero-order chi connectivity index (χ0) is 22.4. The van der Waals surface area contributed by atoms with Crippen LogP contribution in [0.15, 0.2) is 49.1 Å². The van der Waals surface area contributed by atoms with Crippen LogP contribution in [0.1, 0.15) is 38.8 Å². The standard InChI is InChI=1S/C23H31BrN4O2S/c1-5-28(4)16-25-22-14-21(24)23(27-17(22)3)30-19-11-8-12-20(13-19)31(29,6-2)26-15-18-9-7-10-18/h8,11-14,16,18H,5-7,9-10,15H2,1-4H3. The van der Waals surface area contributed by atoms with E-state index in [1.165, 1.54) is 19.3 Å². The smallest absolute Gasteiger partial charge is 0.233 e. The fraction of sp³-hybridized carbons (Fsp3) is 0.478. The van der Waals surface area contributed by atoms with Crippen molar-refractivity contribution in [1.29, 1.82) is 0 Å². The Morgan fingerprint density at radius 2 is 2.10 bits per heavy atom. The molecule has 0 aliphatic heterocycles. The quantitative estimate of drug-likeness (QED) is 0.299. The third-order valence-corrected chi connectivity index (χ3v) is 8.45. The summed E-state index contributed by atoms with van der Waals surface area (Å²) < 4.78 is 24.8. The summed E-state index contributed by atoms with van der Waals surface area (Å²) in [5, 5.41) is 0. The molecule has 1 atom stereocenters. The Bertz CT molecular complexity index is 1060. The molecule has 31 heavy (non-hydrogen) atoms. The fourth-order valence-corrected chi connectivity index (χ4v) is 5.17. The van der Waals surface area contributed by atoms with E-state index < -0.39 is 9.73 Å². The number of aromatic nitrogens is 1. The van der Waals surface area contributed by atoms with E-state index in [0.717, 1.165) is 17.9 Å². The molecule has 1 heterocycles. The van der Waals surface area contributed by atoms with Crippen LogP contribution in [0.4, 0.5) is 5.69 Å². The molecule has 1 aromatic heterocycles. The number of aryl methyl sites for hydroxylation is 1. The molecule has 6 nitrogen and oxygen atoms in total. The number of benzene rings is 1. The minimum atomic E-state index is -2.45. The Kier molecular flexibility index (Phi) is 8.11. The average Bonchev–Trinajstić information content (AvgIpc) is 2.73. The first-order valence-electron chi connectivity index (χ1n) is 10.7. The minimum Gasteiger partial charge on any atom is -0.438 e. The third kappa shape index (κ3) is 6.07. The maximum absolute atomic E-state index is 13.5. The Balaban J connectivity index is 1.82. The molecule has 0 N–H and O–H groups in total. The van der Waals surface area contributed by atoms with Crippen LogP contribution in [0, 0.1) is 12.8 Å². The van der Waals surface area contributed by atoms with Crippen LogP contribution >= 0.6 is 15.9 Å². The molecule has 1 aromatic carbocycles. The molecule has 1 fully saturated rings. The summed E-state index contributed by atoms with van der Waals surface area (Å²) in [6.07, 6.45) is 5.44. The van der Waals surface area contributed by atoms with Gasteiger partial charge in [-0.2, -0.15) is 0 Å². The Morgan fingerprint density at radius 3 is 2.74 bits per heavy atom. The molecule has 1 aliphatic carbocycles. The van der Waals surface area contributed by atoms with Crippen LogP contribution in [-0.2, 0) is 9.73 Å². The van der Waals surface area contributed by atoms with Crippen molar-refractivity contribution < 1.29 is 8.95 Å². The lowest BCUT2D eigenvalue weighted by Gasteiger charge is -2.23. The highest BCUT2D eigenvalue weighted by molar-refractivity contribution is 9.10. The molecule has 1 saturated carbocycles. The number of ether oxygens (including phenoxy) is 1. The average molecular weight is 507 g/mol. The lowest BCUT2D eigenvalue weighted by Crippen LogP contribution is -2.16. The van der Waals surface area contributed by atoms with Gasteiger partial charge in [-0.15, -0.1) is 0 Å². The van der Waals surface area contributed by atoms with Gasteiger partial charge < -0.3 is 9.64 Å². The Morgan fingerprint density at radius 1 is 1.32 bits per heavy atom. The van der Waals surface area contributed by atoms with Gasteiger partial charge in [0, 0.05) is 19.3 Å². The monoisotopic (exact) mass is 506 g/mol. The number of hydrogen-bond acceptors (Lipinski definition) is 5. The molecule has 3 rings (SSSR count). The second kappa shape index (κ2) is 10.6. The van der Waals surface area contributed by atoms with Gasteiger partial charge >= 0.3 is 0 Å². The normalized spacial score (nSPS) is 16.0. The van der Waals surface area contributed by atoms with Gasteiger partial charge in [-0.05, 0) is 72.8 Å². The molecule has 1 aliphatic rings. The van der Waals surface area contributed by atoms with E-state index in [4.69, 9.17) is 4.74 Å². The number of hydrogen-bond donors (Lipinski definition) is 0. The summed E-state index contributed by atoms with van der Waals surface area (Å²) in [5.74, 6) is 2.12. The van der Waals surface area contributed by atoms with Gasteiger partial charge in [0.05, 0.1) is 43.4 Å². The largest absolute Gasteiger partial charge is 0.438 e. The molecule has 0 spiro atoms. The van der Waals surface area contributed by atoms with Crippen molar-refractivity contribution in [3.05, 3.63) is 40.5 Å². The van der Waals surface area contributed by atoms with Crippen molar-refractivity contribution in [3.63, 3.8) is 0 Å². The topological polar surface area (TPSA) is 67.2 Å². The van der Waals surface area contributed by atoms with Gasteiger partial charge in [-0.3, -0.25) is 0 Å². The van der Waals surface area contributed by atoms with Gasteiger partial charge in [-0.1, -0.05) is 19.4 Å². The molecule has 0 amide bonds. The molecule has 0 saturated heterocycles. The van der Waals surface area contributed by atoms with Gasteiger partial charge in [0.1, 0.15) is 5.75 Å². The zero-order valence-corrected chi connectivity index (χ0v) is 21.1. The van der Waals surface area contributed by atoms with Crippen molar-refractivity contribution in [1.82, 2.24) is 9.88 Å². The SMILES string of the molecule is CCN(C)C=Nc1cc(Br)c(Oc2cccc(S(=O)(CC)=NCC3CCC3)c2)nc1C. The molecule has 2 aromatic rings. The van der Waals surface area contributed by atoms with E-state index in [1.54, 1.807) is 6.34 Å². The van der Waals surface area contributed by atoms with Crippen LogP contribution < -0.4 is 4.74 Å². The molecule has 0 radical (unpaired) electrons. The van der Waals surface area contributed by atoms with Crippen molar-refractivity contribution in [2.75, 3.05) is 25.9 Å². The minimum absolute atomic E-state index is 0.451. The van der Waals surface area contributed by atoms with Crippen molar-refractivity contribution in [3.8, 4) is 11.6 Å². The number of pyridine rings is 1. The highest BCUT2D eigenvalue weighted by Gasteiger charge is 2.19. The second-order valence-corrected chi connectivity index (χ2v) is 11.3. The van der Waals surface area contributed by atoms with Gasteiger partial charge in [0.15, 0.2) is 0 Å². The fourth-order valence-electron chi connectivity index (χ4n) is 3.08. The van der Waals surface area contributed by atoms with Crippen LogP contribution in [-0.4, -0.2) is 46.3 Å². The third-order valence-electron chi connectivity index (χ3n) is 5.55. The summed E-state index contributed by atoms with van der Waals surface area (Å²) in [6.45, 7) is 7.45. The predicted molar refractivity (Wildman–Crippen MR) is 131 cm³/mol. The van der Waals surface area contributed by atoms with Gasteiger partial charge in [-0.25, -0.2) is 18.5 Å². The molecular weight excluding hydrogens is 476 g/mol. The molecule has 1 unspecified atom stereocenters. The maximum Gasteiger partial charge on any atom is 0.233 e. The predicted octanol–water partition coefficient (Wildman–Crippen LogP) is 6.20. The maximum atomic E-state index is 13.5. The summed E-state index contributed by atoms with van der Waals surface area (Å²) >= 11 is 3.54. The highest BCUT2D eigenvalue weighted by atomic mass is 79.9. The van der Waals surface area contributed by atoms with E-state index in [2.05, 4.69) is 37.2 Å². The van der Waals surface area contributed by atoms with E-state index in [9.17, 15) is 4.21 Å². The molecule has 0 bridgehead atoms. The lowest BCUT2D eigenvalue weighted by molar-refractivity contribution is 0.327. The van der Waals surface area contributed by atoms with E-state index in [-0.39, 0.29) is 0 Å². The van der Waals surface area contributed by atoms with Crippen LogP contribution in [0.2, 0.25) is 0 Å². The van der Waals surface area contributed by atoms with E-state index >= 15 is 0 Å². The van der Waals surface area contributed by atoms with Crippen molar-refractivity contribution in [2.24, 2.45) is 15.3 Å². The van der Waals surface area contributed by atoms with E-state index in [0.29, 0.717) is 39.2 Å². The van der Waals surface area contributed by atoms with Gasteiger partial charge in [0.2, 0.25) is 5.88 Å².